The lowest BCUT2D eigenvalue weighted by atomic mass is 9.93. The number of ether oxygens (including phenoxy) is 2. The third-order valence-electron chi connectivity index (χ3n) is 5.58. The third kappa shape index (κ3) is 6.10. The van der Waals surface area contributed by atoms with Crippen LogP contribution in [0, 0.1) is 13.8 Å². The molecule has 0 aromatic carbocycles. The van der Waals surface area contributed by atoms with Crippen molar-refractivity contribution in [2.45, 2.75) is 58.3 Å². The van der Waals surface area contributed by atoms with Gasteiger partial charge in [-0.25, -0.2) is 0 Å². The minimum atomic E-state index is -0.320. The van der Waals surface area contributed by atoms with Crippen LogP contribution in [-0.2, 0) is 20.9 Å². The monoisotopic (exact) mass is 441 g/mol. The molecule has 172 valence electrons. The molecule has 1 aliphatic carbocycles. The van der Waals surface area contributed by atoms with Crippen LogP contribution in [-0.4, -0.2) is 35.3 Å². The molecule has 2 heterocycles. The Hall–Kier alpha value is -3.33. The van der Waals surface area contributed by atoms with Crippen molar-refractivity contribution in [1.29, 1.82) is 0 Å². The molecule has 2 aromatic rings. The lowest BCUT2D eigenvalue weighted by molar-refractivity contribution is -0.118. The molecule has 1 amide bonds. The van der Waals surface area contributed by atoms with Crippen molar-refractivity contribution in [2.24, 2.45) is 11.5 Å². The fraction of sp³-hybridized carbons (Fsp3) is 0.435. The molecule has 3 rings (SSSR count). The van der Waals surface area contributed by atoms with Crippen LogP contribution >= 0.6 is 0 Å². The second kappa shape index (κ2) is 10.8. The SMILES string of the molecule is COC1CCC(NC(=O)/C(N)=C/C=C(\N)OCc2c(-c3ccc(C)nc3)noc2C)CC1. The van der Waals surface area contributed by atoms with E-state index in [1.807, 2.05) is 19.1 Å². The maximum absolute atomic E-state index is 12.3. The van der Waals surface area contributed by atoms with E-state index in [1.54, 1.807) is 20.2 Å². The summed E-state index contributed by atoms with van der Waals surface area (Å²) in [6.45, 7) is 3.88. The van der Waals surface area contributed by atoms with Crippen LogP contribution in [0.15, 0.2) is 46.6 Å². The highest BCUT2D eigenvalue weighted by Crippen LogP contribution is 2.26. The second-order valence-corrected chi connectivity index (χ2v) is 7.92. The number of carbonyl (C=O) groups excluding carboxylic acids is 1. The first kappa shape index (κ1) is 23.3. The Bertz CT molecular complexity index is 973. The van der Waals surface area contributed by atoms with Crippen LogP contribution in [0.4, 0.5) is 0 Å². The van der Waals surface area contributed by atoms with Gasteiger partial charge in [0.1, 0.15) is 18.1 Å². The Labute approximate surface area is 187 Å². The van der Waals surface area contributed by atoms with E-state index in [9.17, 15) is 4.79 Å². The first-order valence-corrected chi connectivity index (χ1v) is 10.6. The molecular weight excluding hydrogens is 410 g/mol. The Morgan fingerprint density at radius 1 is 1.22 bits per heavy atom. The zero-order chi connectivity index (χ0) is 23.1. The van der Waals surface area contributed by atoms with Gasteiger partial charge in [-0.05, 0) is 63.8 Å². The van der Waals surface area contributed by atoms with E-state index in [0.29, 0.717) is 11.5 Å². The quantitative estimate of drug-likeness (QED) is 0.323. The predicted molar refractivity (Wildman–Crippen MR) is 120 cm³/mol. The Kier molecular flexibility index (Phi) is 7.88. The number of allylic oxidation sites excluding steroid dienone is 2. The van der Waals surface area contributed by atoms with Gasteiger partial charge < -0.3 is 30.8 Å². The molecular formula is C23H31N5O4. The predicted octanol–water partition coefficient (Wildman–Crippen LogP) is 2.59. The smallest absolute Gasteiger partial charge is 0.267 e. The van der Waals surface area contributed by atoms with Crippen molar-refractivity contribution >= 4 is 5.91 Å². The van der Waals surface area contributed by atoms with E-state index in [0.717, 1.165) is 42.5 Å². The first-order valence-electron chi connectivity index (χ1n) is 10.6. The lowest BCUT2D eigenvalue weighted by Crippen LogP contribution is -2.40. The normalized spacial score (nSPS) is 19.6. The number of rotatable bonds is 8. The van der Waals surface area contributed by atoms with Gasteiger partial charge in [-0.2, -0.15) is 0 Å². The van der Waals surface area contributed by atoms with Crippen molar-refractivity contribution in [1.82, 2.24) is 15.5 Å². The summed E-state index contributed by atoms with van der Waals surface area (Å²) in [7, 11) is 1.72. The summed E-state index contributed by atoms with van der Waals surface area (Å²) in [4.78, 5) is 16.6. The van der Waals surface area contributed by atoms with Crippen molar-refractivity contribution in [3.63, 3.8) is 0 Å². The summed E-state index contributed by atoms with van der Waals surface area (Å²) in [5, 5.41) is 7.06. The average Bonchev–Trinajstić information content (AvgIpc) is 3.17. The Morgan fingerprint density at radius 3 is 2.62 bits per heavy atom. The van der Waals surface area contributed by atoms with E-state index in [1.165, 1.54) is 12.2 Å². The number of nitrogens with two attached hydrogens (primary N) is 2. The van der Waals surface area contributed by atoms with Crippen molar-refractivity contribution in [3.8, 4) is 11.3 Å². The van der Waals surface area contributed by atoms with Gasteiger partial charge in [0.15, 0.2) is 5.88 Å². The molecule has 1 fully saturated rings. The minimum Gasteiger partial charge on any atom is -0.474 e. The highest BCUT2D eigenvalue weighted by Gasteiger charge is 2.22. The Balaban J connectivity index is 1.56. The van der Waals surface area contributed by atoms with Crippen molar-refractivity contribution in [2.75, 3.05) is 7.11 Å². The van der Waals surface area contributed by atoms with E-state index >= 15 is 0 Å². The number of aromatic nitrogens is 2. The van der Waals surface area contributed by atoms with E-state index in [4.69, 9.17) is 25.5 Å². The van der Waals surface area contributed by atoms with E-state index in [2.05, 4.69) is 15.5 Å². The summed E-state index contributed by atoms with van der Waals surface area (Å²) in [6.07, 6.45) is 8.50. The van der Waals surface area contributed by atoms with Gasteiger partial charge in [0.25, 0.3) is 5.91 Å². The topological polar surface area (TPSA) is 139 Å². The molecule has 0 bridgehead atoms. The minimum absolute atomic E-state index is 0.0676. The largest absolute Gasteiger partial charge is 0.474 e. The molecule has 5 N–H and O–H groups in total. The first-order chi connectivity index (χ1) is 15.4. The van der Waals surface area contributed by atoms with Gasteiger partial charge in [-0.3, -0.25) is 9.78 Å². The molecule has 1 saturated carbocycles. The fourth-order valence-corrected chi connectivity index (χ4v) is 3.56. The number of carbonyl (C=O) groups is 1. The van der Waals surface area contributed by atoms with Crippen LogP contribution in [0.25, 0.3) is 11.3 Å². The molecule has 9 nitrogen and oxygen atoms in total. The number of methoxy groups -OCH3 is 1. The van der Waals surface area contributed by atoms with Gasteiger partial charge in [-0.1, -0.05) is 5.16 Å². The summed E-state index contributed by atoms with van der Waals surface area (Å²) >= 11 is 0. The molecule has 9 heteroatoms. The average molecular weight is 442 g/mol. The zero-order valence-corrected chi connectivity index (χ0v) is 18.8. The van der Waals surface area contributed by atoms with Gasteiger partial charge >= 0.3 is 0 Å². The number of aryl methyl sites for hydroxylation is 2. The van der Waals surface area contributed by atoms with Gasteiger partial charge in [-0.15, -0.1) is 0 Å². The molecule has 2 aromatic heterocycles. The number of hydrogen-bond donors (Lipinski definition) is 3. The number of nitrogens with zero attached hydrogens (tertiary/aromatic N) is 2. The van der Waals surface area contributed by atoms with Crippen molar-refractivity contribution in [3.05, 3.63) is 59.1 Å². The molecule has 0 atom stereocenters. The van der Waals surface area contributed by atoms with Crippen LogP contribution in [0.3, 0.4) is 0 Å². The van der Waals surface area contributed by atoms with Gasteiger partial charge in [0.05, 0.1) is 17.4 Å². The molecule has 0 spiro atoms. The summed E-state index contributed by atoms with van der Waals surface area (Å²) in [5.41, 5.74) is 15.1. The molecule has 0 aliphatic heterocycles. The number of pyridine rings is 1. The highest BCUT2D eigenvalue weighted by molar-refractivity contribution is 5.92. The fourth-order valence-electron chi connectivity index (χ4n) is 3.56. The van der Waals surface area contributed by atoms with Crippen LogP contribution in [0.1, 0.15) is 42.7 Å². The molecule has 0 saturated heterocycles. The summed E-state index contributed by atoms with van der Waals surface area (Å²) in [5.74, 6) is 0.430. The van der Waals surface area contributed by atoms with E-state index in [-0.39, 0.29) is 36.2 Å². The number of amides is 1. The van der Waals surface area contributed by atoms with Crippen LogP contribution in [0.2, 0.25) is 0 Å². The number of nitrogens with one attached hydrogen (secondary N) is 1. The second-order valence-electron chi connectivity index (χ2n) is 7.92. The van der Waals surface area contributed by atoms with Gasteiger partial charge in [0.2, 0.25) is 0 Å². The summed E-state index contributed by atoms with van der Waals surface area (Å²) < 4.78 is 16.3. The maximum atomic E-state index is 12.3. The standard InChI is InChI=1S/C23H31N5O4/c1-14-4-5-16(12-26-14)22-19(15(2)32-28-22)13-31-21(25)11-10-20(24)23(29)27-17-6-8-18(30-3)9-7-17/h4-5,10-12,17-18H,6-9,13,24-25H2,1-3H3,(H,27,29)/b20-10-,21-11+. The third-order valence-corrected chi connectivity index (χ3v) is 5.58. The van der Waals surface area contributed by atoms with Crippen LogP contribution in [0.5, 0.6) is 0 Å². The highest BCUT2D eigenvalue weighted by atomic mass is 16.5. The zero-order valence-electron chi connectivity index (χ0n) is 18.8. The lowest BCUT2D eigenvalue weighted by Gasteiger charge is -2.28. The Morgan fingerprint density at radius 2 is 1.97 bits per heavy atom. The molecule has 32 heavy (non-hydrogen) atoms. The molecule has 1 aliphatic rings. The number of hydrogen-bond acceptors (Lipinski definition) is 8. The van der Waals surface area contributed by atoms with Gasteiger partial charge in [0, 0.05) is 30.6 Å². The summed E-state index contributed by atoms with van der Waals surface area (Å²) in [6, 6.07) is 3.93. The van der Waals surface area contributed by atoms with Crippen molar-refractivity contribution < 1.29 is 18.8 Å². The maximum Gasteiger partial charge on any atom is 0.267 e. The van der Waals surface area contributed by atoms with Crippen LogP contribution < -0.4 is 16.8 Å². The molecule has 0 radical (unpaired) electrons. The van der Waals surface area contributed by atoms with E-state index < -0.39 is 0 Å². The molecule has 0 unspecified atom stereocenters.